The number of carbonyl (C=O) groups excluding carboxylic acids is 2. The minimum atomic E-state index is -4.23. The molecule has 0 saturated heterocycles. The molecule has 8 nitrogen and oxygen atoms in total. The first-order valence-corrected chi connectivity index (χ1v) is 13.1. The molecule has 38 heavy (non-hydrogen) atoms. The van der Waals surface area contributed by atoms with Gasteiger partial charge in [0.1, 0.15) is 17.6 Å². The van der Waals surface area contributed by atoms with Crippen LogP contribution in [0.5, 0.6) is 5.75 Å². The van der Waals surface area contributed by atoms with Gasteiger partial charge >= 0.3 is 5.97 Å². The summed E-state index contributed by atoms with van der Waals surface area (Å²) >= 11 is 0. The van der Waals surface area contributed by atoms with E-state index in [-0.39, 0.29) is 21.0 Å². The summed E-state index contributed by atoms with van der Waals surface area (Å²) in [6, 6.07) is 16.2. The third-order valence-electron chi connectivity index (χ3n) is 6.33. The number of pyridine rings is 1. The second-order valence-electron chi connectivity index (χ2n) is 8.54. The van der Waals surface area contributed by atoms with Crippen LogP contribution in [0, 0.1) is 6.92 Å². The summed E-state index contributed by atoms with van der Waals surface area (Å²) in [6.07, 6.45) is 4.34. The van der Waals surface area contributed by atoms with E-state index in [0.717, 1.165) is 11.8 Å². The molecule has 0 aliphatic rings. The Morgan fingerprint density at radius 1 is 1.03 bits per heavy atom. The highest BCUT2D eigenvalue weighted by Gasteiger charge is 2.33. The molecular weight excluding hydrogens is 504 g/mol. The predicted octanol–water partition coefficient (Wildman–Crippen LogP) is 4.67. The summed E-state index contributed by atoms with van der Waals surface area (Å²) in [6.45, 7) is 1.65. The number of nitrogens with two attached hydrogens (primary N) is 1. The molecule has 3 aromatic carbocycles. The van der Waals surface area contributed by atoms with Gasteiger partial charge in [-0.15, -0.1) is 0 Å². The summed E-state index contributed by atoms with van der Waals surface area (Å²) in [5.41, 5.74) is 9.70. The van der Waals surface area contributed by atoms with E-state index in [0.29, 0.717) is 40.0 Å². The molecule has 0 saturated carbocycles. The molecule has 0 fully saturated rings. The average molecular weight is 531 g/mol. The van der Waals surface area contributed by atoms with Gasteiger partial charge in [-0.05, 0) is 65.9 Å². The summed E-state index contributed by atoms with van der Waals surface area (Å²) in [4.78, 5) is 28.3. The van der Waals surface area contributed by atoms with E-state index >= 15 is 0 Å². The highest BCUT2D eigenvalue weighted by molar-refractivity contribution is 7.91. The Morgan fingerprint density at radius 3 is 2.26 bits per heavy atom. The van der Waals surface area contributed by atoms with Crippen LogP contribution in [0.3, 0.4) is 0 Å². The van der Waals surface area contributed by atoms with Crippen LogP contribution >= 0.6 is 0 Å². The number of carbonyl (C=O) groups is 2. The molecule has 194 valence electrons. The van der Waals surface area contributed by atoms with Crippen LogP contribution in [-0.2, 0) is 21.0 Å². The number of hydrogen-bond donors (Lipinski definition) is 1. The predicted molar refractivity (Wildman–Crippen MR) is 143 cm³/mol. The van der Waals surface area contributed by atoms with Crippen molar-refractivity contribution in [1.82, 2.24) is 4.98 Å². The van der Waals surface area contributed by atoms with Crippen molar-refractivity contribution in [2.45, 2.75) is 23.1 Å². The number of ether oxygens (including phenoxy) is 2. The largest absolute Gasteiger partial charge is 0.497 e. The SMILES string of the molecule is COC(=O)c1c(N)c(-c2ccc(C=O)cc2)c(Cc2cccnc2)c(C)c1S(=O)(=O)c1ccc(OC)cc1. The van der Waals surface area contributed by atoms with Gasteiger partial charge < -0.3 is 15.2 Å². The second kappa shape index (κ2) is 10.9. The maximum atomic E-state index is 14.0. The quantitative estimate of drug-likeness (QED) is 0.198. The topological polar surface area (TPSA) is 126 Å². The van der Waals surface area contributed by atoms with E-state index in [1.807, 2.05) is 6.07 Å². The maximum Gasteiger partial charge on any atom is 0.341 e. The molecule has 0 spiro atoms. The van der Waals surface area contributed by atoms with Crippen LogP contribution in [-0.4, -0.2) is 39.9 Å². The number of nitrogen functional groups attached to an aromatic ring is 1. The Balaban J connectivity index is 2.09. The molecule has 0 bridgehead atoms. The summed E-state index contributed by atoms with van der Waals surface area (Å²) in [5.74, 6) is -0.392. The van der Waals surface area contributed by atoms with Crippen molar-refractivity contribution < 1.29 is 27.5 Å². The molecule has 0 atom stereocenters. The summed E-state index contributed by atoms with van der Waals surface area (Å²) < 4.78 is 38.2. The van der Waals surface area contributed by atoms with Gasteiger partial charge in [-0.25, -0.2) is 13.2 Å². The molecule has 2 N–H and O–H groups in total. The van der Waals surface area contributed by atoms with Crippen LogP contribution in [0.1, 0.15) is 37.4 Å². The number of esters is 1. The Labute approximate surface area is 221 Å². The standard InChI is InChI=1S/C29H26N2O6S/c1-18-24(15-20-5-4-14-31-16-20)25(21-8-6-19(17-32)7-9-21)27(30)26(29(33)37-3)28(18)38(34,35)23-12-10-22(36-2)11-13-23/h4-14,16-17H,15,30H2,1-3H3. The lowest BCUT2D eigenvalue weighted by atomic mass is 9.87. The molecule has 4 rings (SSSR count). The molecule has 1 heterocycles. The summed E-state index contributed by atoms with van der Waals surface area (Å²) in [5, 5.41) is 0. The fraction of sp³-hybridized carbons (Fsp3) is 0.138. The molecule has 0 unspecified atom stereocenters. The van der Waals surface area contributed by atoms with Crippen molar-refractivity contribution in [3.05, 3.63) is 101 Å². The molecule has 9 heteroatoms. The molecule has 1 aromatic heterocycles. The Hall–Kier alpha value is -4.50. The van der Waals surface area contributed by atoms with Gasteiger partial charge in [0.2, 0.25) is 9.84 Å². The normalized spacial score (nSPS) is 11.1. The number of hydrogen-bond acceptors (Lipinski definition) is 8. The third-order valence-corrected chi connectivity index (χ3v) is 8.27. The van der Waals surface area contributed by atoms with Crippen molar-refractivity contribution in [2.75, 3.05) is 20.0 Å². The van der Waals surface area contributed by atoms with E-state index in [1.165, 1.54) is 38.5 Å². The molecule has 0 aliphatic carbocycles. The fourth-order valence-electron chi connectivity index (χ4n) is 4.42. The van der Waals surface area contributed by atoms with Crippen LogP contribution in [0.15, 0.2) is 82.8 Å². The van der Waals surface area contributed by atoms with Gasteiger partial charge in [0, 0.05) is 23.5 Å². The monoisotopic (exact) mass is 530 g/mol. The van der Waals surface area contributed by atoms with E-state index in [1.54, 1.807) is 49.6 Å². The molecule has 0 aliphatic heterocycles. The van der Waals surface area contributed by atoms with Gasteiger partial charge in [0.05, 0.1) is 29.7 Å². The van der Waals surface area contributed by atoms with Crippen LogP contribution in [0.4, 0.5) is 5.69 Å². The molecule has 0 amide bonds. The Morgan fingerprint density at radius 2 is 1.71 bits per heavy atom. The fourth-order valence-corrected chi connectivity index (χ4v) is 6.14. The van der Waals surface area contributed by atoms with E-state index in [4.69, 9.17) is 15.2 Å². The molecule has 0 radical (unpaired) electrons. The van der Waals surface area contributed by atoms with Gasteiger partial charge in [-0.1, -0.05) is 30.3 Å². The number of methoxy groups -OCH3 is 2. The van der Waals surface area contributed by atoms with Crippen molar-refractivity contribution in [2.24, 2.45) is 0 Å². The van der Waals surface area contributed by atoms with Gasteiger partial charge in [-0.2, -0.15) is 0 Å². The van der Waals surface area contributed by atoms with Gasteiger partial charge in [0.15, 0.2) is 0 Å². The molecular formula is C29H26N2O6S. The zero-order chi connectivity index (χ0) is 27.4. The third kappa shape index (κ3) is 4.88. The van der Waals surface area contributed by atoms with E-state index in [2.05, 4.69) is 4.98 Å². The number of sulfone groups is 1. The van der Waals surface area contributed by atoms with Gasteiger partial charge in [0.25, 0.3) is 0 Å². The smallest absolute Gasteiger partial charge is 0.341 e. The number of anilines is 1. The summed E-state index contributed by atoms with van der Waals surface area (Å²) in [7, 11) is -1.58. The number of nitrogens with zero attached hydrogens (tertiary/aromatic N) is 1. The minimum Gasteiger partial charge on any atom is -0.497 e. The van der Waals surface area contributed by atoms with Crippen molar-refractivity contribution >= 4 is 27.8 Å². The van der Waals surface area contributed by atoms with Crippen LogP contribution in [0.25, 0.3) is 11.1 Å². The number of benzene rings is 3. The van der Waals surface area contributed by atoms with Gasteiger partial charge in [-0.3, -0.25) is 9.78 Å². The van der Waals surface area contributed by atoms with Crippen molar-refractivity contribution in [3.63, 3.8) is 0 Å². The lowest BCUT2D eigenvalue weighted by Crippen LogP contribution is -2.18. The van der Waals surface area contributed by atoms with Crippen molar-refractivity contribution in [1.29, 1.82) is 0 Å². The second-order valence-corrected chi connectivity index (χ2v) is 10.4. The maximum absolute atomic E-state index is 14.0. The number of rotatable bonds is 8. The first-order valence-electron chi connectivity index (χ1n) is 11.6. The highest BCUT2D eigenvalue weighted by Crippen LogP contribution is 2.42. The van der Waals surface area contributed by atoms with Crippen LogP contribution in [0.2, 0.25) is 0 Å². The average Bonchev–Trinajstić information content (AvgIpc) is 2.95. The number of aldehydes is 1. The Bertz CT molecular complexity index is 1600. The zero-order valence-corrected chi connectivity index (χ0v) is 21.9. The molecule has 4 aromatic rings. The van der Waals surface area contributed by atoms with E-state index in [9.17, 15) is 18.0 Å². The first-order chi connectivity index (χ1) is 18.2. The first kappa shape index (κ1) is 26.6. The van der Waals surface area contributed by atoms with Crippen molar-refractivity contribution in [3.8, 4) is 16.9 Å². The number of aromatic nitrogens is 1. The van der Waals surface area contributed by atoms with E-state index < -0.39 is 15.8 Å². The highest BCUT2D eigenvalue weighted by atomic mass is 32.2. The zero-order valence-electron chi connectivity index (χ0n) is 21.1. The Kier molecular flexibility index (Phi) is 7.59. The lowest BCUT2D eigenvalue weighted by Gasteiger charge is -2.23. The lowest BCUT2D eigenvalue weighted by molar-refractivity contribution is 0.0597. The minimum absolute atomic E-state index is 0.0265. The van der Waals surface area contributed by atoms with Crippen LogP contribution < -0.4 is 10.5 Å².